The van der Waals surface area contributed by atoms with Crippen LogP contribution in [0.4, 0.5) is 0 Å². The molecule has 0 saturated carbocycles. The zero-order valence-electron chi connectivity index (χ0n) is 15.7. The first kappa shape index (κ1) is 19.6. The van der Waals surface area contributed by atoms with Crippen molar-refractivity contribution < 1.29 is 13.2 Å². The first-order chi connectivity index (χ1) is 12.9. The van der Waals surface area contributed by atoms with Crippen LogP contribution in [-0.2, 0) is 34.0 Å². The van der Waals surface area contributed by atoms with Gasteiger partial charge in [0.25, 0.3) is 0 Å². The number of amides is 1. The second-order valence-electron chi connectivity index (χ2n) is 7.30. The minimum Gasteiger partial charge on any atom is -0.357 e. The van der Waals surface area contributed by atoms with Gasteiger partial charge in [-0.2, -0.15) is 0 Å². The summed E-state index contributed by atoms with van der Waals surface area (Å²) in [6, 6.07) is 11.1. The molecule has 6 nitrogen and oxygen atoms in total. The van der Waals surface area contributed by atoms with Gasteiger partial charge >= 0.3 is 0 Å². The molecule has 146 valence electrons. The molecule has 2 heterocycles. The maximum Gasteiger partial charge on any atom is 0.227 e. The molecule has 0 aliphatic carbocycles. The van der Waals surface area contributed by atoms with E-state index in [2.05, 4.69) is 4.72 Å². The van der Waals surface area contributed by atoms with Gasteiger partial charge in [0.1, 0.15) is 0 Å². The van der Waals surface area contributed by atoms with Crippen molar-refractivity contribution in [2.45, 2.75) is 25.0 Å². The molecule has 1 aliphatic heterocycles. The Morgan fingerprint density at radius 2 is 1.96 bits per heavy atom. The zero-order chi connectivity index (χ0) is 19.3. The van der Waals surface area contributed by atoms with Crippen LogP contribution in [0.3, 0.4) is 0 Å². The van der Waals surface area contributed by atoms with Gasteiger partial charge in [-0.15, -0.1) is 0 Å². The van der Waals surface area contributed by atoms with Crippen LogP contribution in [0, 0.1) is 5.92 Å². The molecule has 1 atom stereocenters. The standard InChI is InChI=1S/C20H27N3O3S/c1-22-11-9-18(14-22)12-20(24)23-10-5-8-19(15-23)13-21-27(25,26)16-17-6-3-2-4-7-17/h2-4,6-7,9,11,14,19,21H,5,8,10,12-13,15-16H2,1H3. The van der Waals surface area contributed by atoms with Crippen LogP contribution in [0.5, 0.6) is 0 Å². The van der Waals surface area contributed by atoms with Crippen LogP contribution in [0.15, 0.2) is 48.8 Å². The van der Waals surface area contributed by atoms with Crippen LogP contribution in [0.25, 0.3) is 0 Å². The predicted octanol–water partition coefficient (Wildman–Crippen LogP) is 1.93. The lowest BCUT2D eigenvalue weighted by Gasteiger charge is -2.33. The van der Waals surface area contributed by atoms with Crippen LogP contribution in [-0.4, -0.2) is 43.4 Å². The molecule has 3 rings (SSSR count). The molecule has 1 unspecified atom stereocenters. The molecule has 1 aromatic heterocycles. The topological polar surface area (TPSA) is 71.4 Å². The summed E-state index contributed by atoms with van der Waals surface area (Å²) in [5.74, 6) is 0.249. The van der Waals surface area contributed by atoms with E-state index in [9.17, 15) is 13.2 Å². The van der Waals surface area contributed by atoms with Gasteiger partial charge in [-0.25, -0.2) is 13.1 Å². The third-order valence-corrected chi connectivity index (χ3v) is 6.23. The van der Waals surface area contributed by atoms with Gasteiger partial charge < -0.3 is 9.47 Å². The summed E-state index contributed by atoms with van der Waals surface area (Å²) in [5, 5.41) is 0. The molecule has 1 fully saturated rings. The largest absolute Gasteiger partial charge is 0.357 e. The molecular formula is C20H27N3O3S. The molecular weight excluding hydrogens is 362 g/mol. The number of nitrogens with one attached hydrogen (secondary N) is 1. The Labute approximate surface area is 161 Å². The average molecular weight is 390 g/mol. The Hall–Kier alpha value is -2.12. The smallest absolute Gasteiger partial charge is 0.227 e. The normalized spacial score (nSPS) is 17.8. The van der Waals surface area contributed by atoms with Gasteiger partial charge in [0.2, 0.25) is 15.9 Å². The number of piperidine rings is 1. The fourth-order valence-electron chi connectivity index (χ4n) is 3.50. The molecule has 0 radical (unpaired) electrons. The predicted molar refractivity (Wildman–Crippen MR) is 105 cm³/mol. The molecule has 1 amide bonds. The van der Waals surface area contributed by atoms with E-state index in [1.165, 1.54) is 0 Å². The Morgan fingerprint density at radius 3 is 2.67 bits per heavy atom. The fourth-order valence-corrected chi connectivity index (χ4v) is 4.72. The summed E-state index contributed by atoms with van der Waals surface area (Å²) < 4.78 is 29.3. The molecule has 27 heavy (non-hydrogen) atoms. The molecule has 1 saturated heterocycles. The van der Waals surface area contributed by atoms with E-state index in [1.54, 1.807) is 0 Å². The molecule has 1 aliphatic rings. The van der Waals surface area contributed by atoms with E-state index < -0.39 is 10.0 Å². The summed E-state index contributed by atoms with van der Waals surface area (Å²) >= 11 is 0. The van der Waals surface area contributed by atoms with Gasteiger partial charge in [0, 0.05) is 39.1 Å². The van der Waals surface area contributed by atoms with E-state index >= 15 is 0 Å². The van der Waals surface area contributed by atoms with Crippen molar-refractivity contribution in [3.05, 3.63) is 59.9 Å². The second kappa shape index (κ2) is 8.71. The maximum atomic E-state index is 12.5. The van der Waals surface area contributed by atoms with Crippen molar-refractivity contribution in [3.8, 4) is 0 Å². The van der Waals surface area contributed by atoms with E-state index in [1.807, 2.05) is 65.3 Å². The first-order valence-electron chi connectivity index (χ1n) is 9.31. The van der Waals surface area contributed by atoms with Crippen molar-refractivity contribution in [1.29, 1.82) is 0 Å². The fraction of sp³-hybridized carbons (Fsp3) is 0.450. The summed E-state index contributed by atoms with van der Waals surface area (Å²) in [6.07, 6.45) is 6.13. The number of sulfonamides is 1. The molecule has 7 heteroatoms. The Kier molecular flexibility index (Phi) is 6.34. The Bertz CT molecular complexity index is 862. The number of hydrogen-bond donors (Lipinski definition) is 1. The molecule has 0 bridgehead atoms. The van der Waals surface area contributed by atoms with Crippen molar-refractivity contribution in [2.24, 2.45) is 13.0 Å². The average Bonchev–Trinajstić information content (AvgIpc) is 3.05. The number of carbonyl (C=O) groups is 1. The van der Waals surface area contributed by atoms with Gasteiger partial charge in [-0.3, -0.25) is 4.79 Å². The van der Waals surface area contributed by atoms with Gasteiger partial charge in [-0.1, -0.05) is 30.3 Å². The molecule has 1 N–H and O–H groups in total. The molecule has 0 spiro atoms. The minimum absolute atomic E-state index is 0.0167. The van der Waals surface area contributed by atoms with Crippen molar-refractivity contribution in [3.63, 3.8) is 0 Å². The number of benzene rings is 1. The number of nitrogens with zero attached hydrogens (tertiary/aromatic N) is 2. The van der Waals surface area contributed by atoms with Crippen molar-refractivity contribution >= 4 is 15.9 Å². The Balaban J connectivity index is 1.49. The van der Waals surface area contributed by atoms with Crippen LogP contribution < -0.4 is 4.72 Å². The highest BCUT2D eigenvalue weighted by molar-refractivity contribution is 7.88. The highest BCUT2D eigenvalue weighted by atomic mass is 32.2. The first-order valence-corrected chi connectivity index (χ1v) is 11.0. The third-order valence-electron chi connectivity index (χ3n) is 4.91. The van der Waals surface area contributed by atoms with Gasteiger partial charge in [-0.05, 0) is 36.0 Å². The third kappa shape index (κ3) is 5.94. The van der Waals surface area contributed by atoms with Gasteiger partial charge in [0.05, 0.1) is 12.2 Å². The number of hydrogen-bond acceptors (Lipinski definition) is 3. The van der Waals surface area contributed by atoms with Crippen molar-refractivity contribution in [2.75, 3.05) is 19.6 Å². The summed E-state index contributed by atoms with van der Waals surface area (Å²) in [4.78, 5) is 14.4. The van der Waals surface area contributed by atoms with E-state index in [4.69, 9.17) is 0 Å². The summed E-state index contributed by atoms with van der Waals surface area (Å²) in [6.45, 7) is 1.74. The monoisotopic (exact) mass is 389 g/mol. The van der Waals surface area contributed by atoms with Gasteiger partial charge in [0.15, 0.2) is 0 Å². The summed E-state index contributed by atoms with van der Waals surface area (Å²) in [5.41, 5.74) is 1.78. The lowest BCUT2D eigenvalue weighted by molar-refractivity contribution is -0.132. The van der Waals surface area contributed by atoms with Crippen molar-refractivity contribution in [1.82, 2.24) is 14.2 Å². The van der Waals surface area contributed by atoms with E-state index in [0.29, 0.717) is 19.5 Å². The van der Waals surface area contributed by atoms with E-state index in [0.717, 1.165) is 30.5 Å². The Morgan fingerprint density at radius 1 is 1.19 bits per heavy atom. The molecule has 2 aromatic rings. The second-order valence-corrected chi connectivity index (χ2v) is 9.11. The quantitative estimate of drug-likeness (QED) is 0.787. The highest BCUT2D eigenvalue weighted by Gasteiger charge is 2.25. The minimum atomic E-state index is -3.37. The van der Waals surface area contributed by atoms with Crippen LogP contribution >= 0.6 is 0 Å². The molecule has 1 aromatic carbocycles. The number of rotatable bonds is 7. The van der Waals surface area contributed by atoms with Crippen LogP contribution in [0.1, 0.15) is 24.0 Å². The lowest BCUT2D eigenvalue weighted by atomic mass is 9.98. The number of aromatic nitrogens is 1. The zero-order valence-corrected chi connectivity index (χ0v) is 16.5. The SMILES string of the molecule is Cn1ccc(CC(=O)N2CCCC(CNS(=O)(=O)Cc3ccccc3)C2)c1. The van der Waals surface area contributed by atoms with Crippen LogP contribution in [0.2, 0.25) is 0 Å². The van der Waals surface area contributed by atoms with E-state index in [-0.39, 0.29) is 17.6 Å². The number of carbonyl (C=O) groups excluding carboxylic acids is 1. The highest BCUT2D eigenvalue weighted by Crippen LogP contribution is 2.18. The number of aryl methyl sites for hydroxylation is 1. The number of likely N-dealkylation sites (tertiary alicyclic amines) is 1. The summed E-state index contributed by atoms with van der Waals surface area (Å²) in [7, 11) is -1.44. The maximum absolute atomic E-state index is 12.5. The lowest BCUT2D eigenvalue weighted by Crippen LogP contribution is -2.44.